The van der Waals surface area contributed by atoms with Crippen molar-refractivity contribution in [3.8, 4) is 0 Å². The predicted octanol–water partition coefficient (Wildman–Crippen LogP) is 1.89. The number of nitrogens with zero attached hydrogens (tertiary/aromatic N) is 2. The third-order valence-corrected chi connectivity index (χ3v) is 5.24. The second kappa shape index (κ2) is 9.08. The smallest absolute Gasteiger partial charge is 0.224 e. The summed E-state index contributed by atoms with van der Waals surface area (Å²) < 4.78 is 13.1. The van der Waals surface area contributed by atoms with E-state index in [0.717, 1.165) is 30.4 Å². The van der Waals surface area contributed by atoms with Crippen molar-refractivity contribution in [2.75, 3.05) is 39.0 Å². The summed E-state index contributed by atoms with van der Waals surface area (Å²) >= 11 is 1.98. The molecule has 5 nitrogen and oxygen atoms in total. The van der Waals surface area contributed by atoms with Crippen LogP contribution < -0.4 is 10.6 Å². The topological polar surface area (TPSA) is 56.7 Å². The molecule has 1 aliphatic rings. The molecule has 1 aromatic carbocycles. The van der Waals surface area contributed by atoms with Gasteiger partial charge in [-0.25, -0.2) is 4.39 Å². The lowest BCUT2D eigenvalue weighted by Gasteiger charge is -2.39. The van der Waals surface area contributed by atoms with Crippen LogP contribution >= 0.6 is 11.8 Å². The van der Waals surface area contributed by atoms with Gasteiger partial charge in [-0.3, -0.25) is 9.79 Å². The van der Waals surface area contributed by atoms with E-state index in [1.807, 2.05) is 11.8 Å². The maximum absolute atomic E-state index is 12.9. The predicted molar refractivity (Wildman–Crippen MR) is 103 cm³/mol. The van der Waals surface area contributed by atoms with E-state index in [-0.39, 0.29) is 22.9 Å². The number of aliphatic imine (C=N–C) groups is 1. The Morgan fingerprint density at radius 3 is 2.60 bits per heavy atom. The van der Waals surface area contributed by atoms with Crippen molar-refractivity contribution in [3.63, 3.8) is 0 Å². The Kier molecular flexibility index (Phi) is 7.11. The average Bonchev–Trinajstić information content (AvgIpc) is 2.56. The van der Waals surface area contributed by atoms with Crippen LogP contribution in [-0.4, -0.2) is 60.5 Å². The first-order valence-corrected chi connectivity index (χ1v) is 9.49. The standard InChI is InChI=1S/C18H27FN4OS/c1-18(2)13-23(10-11-25-18)17(20-3)22-9-8-21-16(24)12-14-4-6-15(19)7-5-14/h4-7H,8-13H2,1-3H3,(H,20,22)(H,21,24). The first kappa shape index (κ1) is 19.6. The zero-order valence-electron chi connectivity index (χ0n) is 15.1. The van der Waals surface area contributed by atoms with E-state index < -0.39 is 0 Å². The van der Waals surface area contributed by atoms with Crippen molar-refractivity contribution in [2.24, 2.45) is 4.99 Å². The van der Waals surface area contributed by atoms with Crippen LogP contribution in [0.1, 0.15) is 19.4 Å². The van der Waals surface area contributed by atoms with Crippen LogP contribution in [0.25, 0.3) is 0 Å². The summed E-state index contributed by atoms with van der Waals surface area (Å²) in [5.74, 6) is 1.60. The van der Waals surface area contributed by atoms with E-state index in [1.165, 1.54) is 12.1 Å². The zero-order chi connectivity index (χ0) is 18.3. The normalized spacial score (nSPS) is 17.3. The molecular weight excluding hydrogens is 339 g/mol. The summed E-state index contributed by atoms with van der Waals surface area (Å²) in [6.07, 6.45) is 0.256. The SMILES string of the molecule is CN=C(NCCNC(=O)Cc1ccc(F)cc1)N1CCSC(C)(C)C1. The van der Waals surface area contributed by atoms with Crippen molar-refractivity contribution >= 4 is 23.6 Å². The van der Waals surface area contributed by atoms with Gasteiger partial charge in [0.15, 0.2) is 5.96 Å². The highest BCUT2D eigenvalue weighted by Crippen LogP contribution is 2.29. The first-order chi connectivity index (χ1) is 11.9. The molecule has 2 rings (SSSR count). The van der Waals surface area contributed by atoms with Crippen LogP contribution in [0, 0.1) is 5.82 Å². The summed E-state index contributed by atoms with van der Waals surface area (Å²) in [6, 6.07) is 6.00. The van der Waals surface area contributed by atoms with Gasteiger partial charge in [0.05, 0.1) is 6.42 Å². The Labute approximate surface area is 153 Å². The van der Waals surface area contributed by atoms with Crippen LogP contribution in [0.5, 0.6) is 0 Å². The molecule has 0 spiro atoms. The Morgan fingerprint density at radius 1 is 1.28 bits per heavy atom. The van der Waals surface area contributed by atoms with E-state index in [1.54, 1.807) is 19.2 Å². The number of hydrogen-bond donors (Lipinski definition) is 2. The average molecular weight is 367 g/mol. The molecule has 1 aromatic rings. The highest BCUT2D eigenvalue weighted by atomic mass is 32.2. The van der Waals surface area contributed by atoms with Crippen molar-refractivity contribution in [2.45, 2.75) is 25.0 Å². The number of carbonyl (C=O) groups is 1. The van der Waals surface area contributed by atoms with Gasteiger partial charge in [0.25, 0.3) is 0 Å². The molecule has 1 heterocycles. The fourth-order valence-electron chi connectivity index (χ4n) is 2.76. The van der Waals surface area contributed by atoms with Gasteiger partial charge in [0.1, 0.15) is 5.82 Å². The van der Waals surface area contributed by atoms with Gasteiger partial charge >= 0.3 is 0 Å². The number of benzene rings is 1. The van der Waals surface area contributed by atoms with Gasteiger partial charge in [-0.15, -0.1) is 0 Å². The monoisotopic (exact) mass is 366 g/mol. The molecule has 25 heavy (non-hydrogen) atoms. The van der Waals surface area contributed by atoms with E-state index in [9.17, 15) is 9.18 Å². The molecule has 0 atom stereocenters. The Balaban J connectivity index is 1.70. The minimum absolute atomic E-state index is 0.0705. The molecule has 2 N–H and O–H groups in total. The molecule has 0 saturated carbocycles. The minimum Gasteiger partial charge on any atom is -0.354 e. The summed E-state index contributed by atoms with van der Waals surface area (Å²) in [7, 11) is 1.78. The molecule has 0 radical (unpaired) electrons. The molecule has 1 aliphatic heterocycles. The number of nitrogens with one attached hydrogen (secondary N) is 2. The Bertz CT molecular complexity index is 604. The lowest BCUT2D eigenvalue weighted by atomic mass is 10.1. The molecule has 0 aromatic heterocycles. The molecular formula is C18H27FN4OS. The Hall–Kier alpha value is -1.76. The lowest BCUT2D eigenvalue weighted by molar-refractivity contribution is -0.120. The third-order valence-electron chi connectivity index (χ3n) is 3.95. The molecule has 0 unspecified atom stereocenters. The fraction of sp³-hybridized carbons (Fsp3) is 0.556. The van der Waals surface area contributed by atoms with Crippen molar-refractivity contribution in [1.29, 1.82) is 0 Å². The van der Waals surface area contributed by atoms with Gasteiger partial charge in [0.2, 0.25) is 5.91 Å². The van der Waals surface area contributed by atoms with Gasteiger partial charge in [-0.1, -0.05) is 12.1 Å². The maximum atomic E-state index is 12.9. The Morgan fingerprint density at radius 2 is 1.96 bits per heavy atom. The highest BCUT2D eigenvalue weighted by Gasteiger charge is 2.28. The van der Waals surface area contributed by atoms with Crippen LogP contribution in [0.15, 0.2) is 29.3 Å². The van der Waals surface area contributed by atoms with E-state index in [4.69, 9.17) is 0 Å². The summed E-state index contributed by atoms with van der Waals surface area (Å²) in [5.41, 5.74) is 0.802. The minimum atomic E-state index is -0.293. The maximum Gasteiger partial charge on any atom is 0.224 e. The van der Waals surface area contributed by atoms with E-state index in [2.05, 4.69) is 34.4 Å². The summed E-state index contributed by atoms with van der Waals surface area (Å²) in [6.45, 7) is 7.55. The lowest BCUT2D eigenvalue weighted by Crippen LogP contribution is -2.51. The molecule has 1 amide bonds. The van der Waals surface area contributed by atoms with Gasteiger partial charge in [-0.05, 0) is 31.5 Å². The van der Waals surface area contributed by atoms with Gasteiger partial charge < -0.3 is 15.5 Å². The van der Waals surface area contributed by atoms with Crippen molar-refractivity contribution in [1.82, 2.24) is 15.5 Å². The molecule has 0 bridgehead atoms. The fourth-order valence-corrected chi connectivity index (χ4v) is 3.87. The molecule has 138 valence electrons. The molecule has 1 saturated heterocycles. The number of hydrogen-bond acceptors (Lipinski definition) is 3. The number of carbonyl (C=O) groups excluding carboxylic acids is 1. The second-order valence-electron chi connectivity index (χ2n) is 6.66. The number of halogens is 1. The quantitative estimate of drug-likeness (QED) is 0.475. The summed E-state index contributed by atoms with van der Waals surface area (Å²) in [5, 5.41) is 6.18. The van der Waals surface area contributed by atoms with Crippen LogP contribution in [0.3, 0.4) is 0 Å². The molecule has 7 heteroatoms. The third kappa shape index (κ3) is 6.57. The van der Waals surface area contributed by atoms with Gasteiger partial charge in [0, 0.05) is 43.7 Å². The number of amides is 1. The summed E-state index contributed by atoms with van der Waals surface area (Å²) in [4.78, 5) is 18.5. The van der Waals surface area contributed by atoms with Crippen LogP contribution in [0.4, 0.5) is 4.39 Å². The highest BCUT2D eigenvalue weighted by molar-refractivity contribution is 8.00. The number of rotatable bonds is 5. The second-order valence-corrected chi connectivity index (χ2v) is 8.46. The van der Waals surface area contributed by atoms with Crippen molar-refractivity contribution < 1.29 is 9.18 Å². The van der Waals surface area contributed by atoms with Crippen LogP contribution in [-0.2, 0) is 11.2 Å². The first-order valence-electron chi connectivity index (χ1n) is 8.50. The van der Waals surface area contributed by atoms with Gasteiger partial charge in [-0.2, -0.15) is 11.8 Å². The van der Waals surface area contributed by atoms with E-state index >= 15 is 0 Å². The number of guanidine groups is 1. The molecule has 0 aliphatic carbocycles. The zero-order valence-corrected chi connectivity index (χ0v) is 16.0. The molecule has 1 fully saturated rings. The van der Waals surface area contributed by atoms with Crippen LogP contribution in [0.2, 0.25) is 0 Å². The van der Waals surface area contributed by atoms with E-state index in [0.29, 0.717) is 13.1 Å². The van der Waals surface area contributed by atoms with Crippen molar-refractivity contribution in [3.05, 3.63) is 35.6 Å². The largest absolute Gasteiger partial charge is 0.354 e. The number of thioether (sulfide) groups is 1.